The van der Waals surface area contributed by atoms with Gasteiger partial charge in [-0.1, -0.05) is 6.07 Å². The van der Waals surface area contributed by atoms with E-state index in [2.05, 4.69) is 5.32 Å². The Kier molecular flexibility index (Phi) is 6.66. The number of ether oxygens (including phenoxy) is 3. The minimum absolute atomic E-state index is 0.203. The van der Waals surface area contributed by atoms with Crippen LogP contribution < -0.4 is 14.8 Å². The van der Waals surface area contributed by atoms with Crippen molar-refractivity contribution >= 4 is 39.8 Å². The lowest BCUT2D eigenvalue weighted by atomic mass is 10.0. The predicted molar refractivity (Wildman–Crippen MR) is 98.2 cm³/mol. The van der Waals surface area contributed by atoms with Crippen LogP contribution in [0.15, 0.2) is 23.6 Å². The molecule has 1 amide bonds. The smallest absolute Gasteiger partial charge is 0.341 e. The molecule has 6 nitrogen and oxygen atoms in total. The maximum atomic E-state index is 12.4. The van der Waals surface area contributed by atoms with Gasteiger partial charge in [-0.05, 0) is 24.6 Å². The summed E-state index contributed by atoms with van der Waals surface area (Å²) in [5.74, 6) is -0.000192. The van der Waals surface area contributed by atoms with E-state index in [-0.39, 0.29) is 18.1 Å². The number of benzene rings is 1. The predicted octanol–water partition coefficient (Wildman–Crippen LogP) is 3.79. The molecule has 134 valence electrons. The number of halogens is 1. The van der Waals surface area contributed by atoms with Crippen LogP contribution in [0.2, 0.25) is 0 Å². The lowest BCUT2D eigenvalue weighted by Crippen LogP contribution is -2.15. The third kappa shape index (κ3) is 4.24. The molecule has 0 aliphatic carbocycles. The lowest BCUT2D eigenvalue weighted by molar-refractivity contribution is -0.113. The number of nitrogens with one attached hydrogen (secondary N) is 1. The minimum Gasteiger partial charge on any atom is -0.493 e. The Morgan fingerprint density at radius 1 is 1.20 bits per heavy atom. The van der Waals surface area contributed by atoms with Crippen LogP contribution in [0.1, 0.15) is 17.3 Å². The second-order valence-electron chi connectivity index (χ2n) is 4.83. The quantitative estimate of drug-likeness (QED) is 0.581. The molecule has 0 fully saturated rings. The molecule has 0 unspecified atom stereocenters. The summed E-state index contributed by atoms with van der Waals surface area (Å²) in [4.78, 5) is 24.0. The molecule has 1 aromatic heterocycles. The van der Waals surface area contributed by atoms with Crippen LogP contribution in [0.25, 0.3) is 11.1 Å². The van der Waals surface area contributed by atoms with Crippen molar-refractivity contribution in [3.8, 4) is 22.6 Å². The summed E-state index contributed by atoms with van der Waals surface area (Å²) < 4.78 is 15.7. The Bertz CT molecular complexity index is 774. The van der Waals surface area contributed by atoms with Gasteiger partial charge in [0.05, 0.1) is 20.8 Å². The van der Waals surface area contributed by atoms with Gasteiger partial charge in [0.25, 0.3) is 0 Å². The molecule has 0 saturated heterocycles. The molecule has 0 saturated carbocycles. The van der Waals surface area contributed by atoms with Crippen LogP contribution in [0.4, 0.5) is 5.00 Å². The molecule has 8 heteroatoms. The molecule has 1 N–H and O–H groups in total. The summed E-state index contributed by atoms with van der Waals surface area (Å²) >= 11 is 6.77. The average molecular weight is 384 g/mol. The monoisotopic (exact) mass is 383 g/mol. The fourth-order valence-electron chi connectivity index (χ4n) is 2.23. The zero-order valence-electron chi connectivity index (χ0n) is 14.1. The molecule has 0 aliphatic heterocycles. The number of alkyl halides is 1. The van der Waals surface area contributed by atoms with E-state index in [0.29, 0.717) is 22.1 Å². The van der Waals surface area contributed by atoms with Crippen molar-refractivity contribution in [2.45, 2.75) is 6.92 Å². The lowest BCUT2D eigenvalue weighted by Gasteiger charge is -2.11. The fraction of sp³-hybridized carbons (Fsp3) is 0.294. The van der Waals surface area contributed by atoms with E-state index in [9.17, 15) is 9.59 Å². The summed E-state index contributed by atoms with van der Waals surface area (Å²) in [7, 11) is 3.08. The van der Waals surface area contributed by atoms with Crippen molar-refractivity contribution in [3.63, 3.8) is 0 Å². The number of methoxy groups -OCH3 is 2. The van der Waals surface area contributed by atoms with Crippen LogP contribution in [0.3, 0.4) is 0 Å². The van der Waals surface area contributed by atoms with Crippen LogP contribution in [0, 0.1) is 0 Å². The molecular formula is C17H18ClNO5S. The van der Waals surface area contributed by atoms with Gasteiger partial charge in [0.2, 0.25) is 5.91 Å². The Balaban J connectivity index is 2.53. The second kappa shape index (κ2) is 8.73. The number of anilines is 1. The summed E-state index contributed by atoms with van der Waals surface area (Å²) in [6.45, 7) is 1.94. The Labute approximate surface area is 154 Å². The van der Waals surface area contributed by atoms with Gasteiger partial charge in [0.1, 0.15) is 16.4 Å². The number of rotatable bonds is 7. The normalized spacial score (nSPS) is 10.2. The molecule has 0 atom stereocenters. The summed E-state index contributed by atoms with van der Waals surface area (Å²) in [5.41, 5.74) is 1.66. The topological polar surface area (TPSA) is 73.9 Å². The number of esters is 1. The van der Waals surface area contributed by atoms with Crippen LogP contribution in [0.5, 0.6) is 11.5 Å². The van der Waals surface area contributed by atoms with Crippen LogP contribution in [-0.2, 0) is 9.53 Å². The van der Waals surface area contributed by atoms with Crippen molar-refractivity contribution in [1.29, 1.82) is 0 Å². The first kappa shape index (κ1) is 19.1. The zero-order chi connectivity index (χ0) is 18.4. The van der Waals surface area contributed by atoms with Crippen LogP contribution >= 0.6 is 22.9 Å². The minimum atomic E-state index is -0.515. The molecule has 1 heterocycles. The first-order valence-electron chi connectivity index (χ1n) is 7.42. The van der Waals surface area contributed by atoms with E-state index >= 15 is 0 Å². The third-order valence-corrected chi connectivity index (χ3v) is 4.48. The zero-order valence-corrected chi connectivity index (χ0v) is 15.6. The molecule has 0 radical (unpaired) electrons. The van der Waals surface area contributed by atoms with Gasteiger partial charge in [-0.15, -0.1) is 22.9 Å². The maximum Gasteiger partial charge on any atom is 0.341 e. The third-order valence-electron chi connectivity index (χ3n) is 3.34. The average Bonchev–Trinajstić information content (AvgIpc) is 3.04. The molecular weight excluding hydrogens is 366 g/mol. The SMILES string of the molecule is CCOC(=O)c1c(-c2ccc(OC)c(OC)c2)csc1NC(=O)CCl. The van der Waals surface area contributed by atoms with Crippen molar-refractivity contribution < 1.29 is 23.8 Å². The molecule has 0 bridgehead atoms. The van der Waals surface area contributed by atoms with E-state index in [4.69, 9.17) is 25.8 Å². The van der Waals surface area contributed by atoms with E-state index < -0.39 is 11.9 Å². The van der Waals surface area contributed by atoms with E-state index in [0.717, 1.165) is 5.56 Å². The van der Waals surface area contributed by atoms with Gasteiger partial charge in [-0.25, -0.2) is 4.79 Å². The number of amides is 1. The van der Waals surface area contributed by atoms with Gasteiger partial charge in [-0.3, -0.25) is 4.79 Å². The largest absolute Gasteiger partial charge is 0.493 e. The number of hydrogen-bond acceptors (Lipinski definition) is 6. The summed E-state index contributed by atoms with van der Waals surface area (Å²) in [5, 5.41) is 4.80. The van der Waals surface area contributed by atoms with E-state index in [1.807, 2.05) is 0 Å². The van der Waals surface area contributed by atoms with Gasteiger partial charge >= 0.3 is 5.97 Å². The molecule has 0 aliphatic rings. The fourth-order valence-corrected chi connectivity index (χ4v) is 3.27. The number of thiophene rings is 1. The highest BCUT2D eigenvalue weighted by atomic mass is 35.5. The molecule has 2 aromatic rings. The number of hydrogen-bond donors (Lipinski definition) is 1. The van der Waals surface area contributed by atoms with Crippen molar-refractivity contribution in [3.05, 3.63) is 29.1 Å². The Hall–Kier alpha value is -2.25. The maximum absolute atomic E-state index is 12.4. The van der Waals surface area contributed by atoms with Gasteiger partial charge in [0.15, 0.2) is 11.5 Å². The van der Waals surface area contributed by atoms with Gasteiger partial charge in [-0.2, -0.15) is 0 Å². The first-order chi connectivity index (χ1) is 12.0. The molecule has 25 heavy (non-hydrogen) atoms. The highest BCUT2D eigenvalue weighted by Gasteiger charge is 2.23. The van der Waals surface area contributed by atoms with Crippen LogP contribution in [-0.4, -0.2) is 38.6 Å². The van der Waals surface area contributed by atoms with Gasteiger partial charge < -0.3 is 19.5 Å². The standard InChI is InChI=1S/C17H18ClNO5S/c1-4-24-17(21)15-11(9-25-16(15)19-14(20)8-18)10-5-6-12(22-2)13(7-10)23-3/h5-7,9H,4,8H2,1-3H3,(H,19,20). The second-order valence-corrected chi connectivity index (χ2v) is 5.97. The van der Waals surface area contributed by atoms with Crippen molar-refractivity contribution in [1.82, 2.24) is 0 Å². The van der Waals surface area contributed by atoms with E-state index in [1.54, 1.807) is 37.6 Å². The molecule has 1 aromatic carbocycles. The van der Waals surface area contributed by atoms with Crippen molar-refractivity contribution in [2.24, 2.45) is 0 Å². The first-order valence-corrected chi connectivity index (χ1v) is 8.83. The molecule has 0 spiro atoms. The molecule has 2 rings (SSSR count). The van der Waals surface area contributed by atoms with Gasteiger partial charge in [0, 0.05) is 10.9 Å². The summed E-state index contributed by atoms with van der Waals surface area (Å²) in [6, 6.07) is 5.31. The summed E-state index contributed by atoms with van der Waals surface area (Å²) in [6.07, 6.45) is 0. The number of carbonyl (C=O) groups is 2. The highest BCUT2D eigenvalue weighted by molar-refractivity contribution is 7.15. The number of carbonyl (C=O) groups excluding carboxylic acids is 2. The highest BCUT2D eigenvalue weighted by Crippen LogP contribution is 2.39. The Morgan fingerprint density at radius 3 is 2.52 bits per heavy atom. The Morgan fingerprint density at radius 2 is 1.92 bits per heavy atom. The van der Waals surface area contributed by atoms with Crippen molar-refractivity contribution in [2.75, 3.05) is 32.0 Å². The van der Waals surface area contributed by atoms with E-state index in [1.165, 1.54) is 18.4 Å².